The molecule has 0 radical (unpaired) electrons. The molecule has 30 heavy (non-hydrogen) atoms. The van der Waals surface area contributed by atoms with E-state index in [1.807, 2.05) is 0 Å². The van der Waals surface area contributed by atoms with E-state index in [-0.39, 0.29) is 35.2 Å². The van der Waals surface area contributed by atoms with E-state index in [0.29, 0.717) is 6.07 Å². The number of nitrogens with one attached hydrogen (secondary N) is 1. The first-order valence-electron chi connectivity index (χ1n) is 8.47. The summed E-state index contributed by atoms with van der Waals surface area (Å²) < 4.78 is 47.8. The molecule has 12 heteroatoms. The van der Waals surface area contributed by atoms with Crippen molar-refractivity contribution in [1.82, 2.24) is 19.3 Å². The predicted octanol–water partition coefficient (Wildman–Crippen LogP) is 3.14. The van der Waals surface area contributed by atoms with Gasteiger partial charge < -0.3 is 9.30 Å². The van der Waals surface area contributed by atoms with Gasteiger partial charge in [-0.3, -0.25) is 9.36 Å². The number of nitrogens with zero attached hydrogens (tertiary/aromatic N) is 4. The maximum absolute atomic E-state index is 13.5. The van der Waals surface area contributed by atoms with Crippen LogP contribution in [0.15, 0.2) is 40.1 Å². The number of H-pyrrole nitrogens is 1. The molecule has 0 unspecified atom stereocenters. The van der Waals surface area contributed by atoms with Gasteiger partial charge in [0.15, 0.2) is 5.82 Å². The van der Waals surface area contributed by atoms with Crippen LogP contribution < -0.4 is 16.0 Å². The molecule has 0 saturated carbocycles. The van der Waals surface area contributed by atoms with Gasteiger partial charge in [-0.25, -0.2) is 9.89 Å². The van der Waals surface area contributed by atoms with Crippen molar-refractivity contribution in [1.29, 1.82) is 5.26 Å². The molecule has 0 aliphatic carbocycles. The maximum atomic E-state index is 13.5. The Morgan fingerprint density at radius 3 is 2.67 bits per heavy atom. The summed E-state index contributed by atoms with van der Waals surface area (Å²) in [6, 6.07) is 6.12. The molecule has 3 aromatic rings. The predicted molar refractivity (Wildman–Crippen MR) is 99.6 cm³/mol. The number of benzene rings is 1. The lowest BCUT2D eigenvalue weighted by Crippen LogP contribution is -2.27. The molecule has 1 N–H and O–H groups in total. The zero-order chi connectivity index (χ0) is 22.1. The molecule has 0 bridgehead atoms. The van der Waals surface area contributed by atoms with Crippen molar-refractivity contribution in [2.45, 2.75) is 26.2 Å². The lowest BCUT2D eigenvalue weighted by Gasteiger charge is -2.15. The third-order valence-electron chi connectivity index (χ3n) is 4.11. The molecule has 2 aromatic heterocycles. The monoisotopic (exact) mass is 439 g/mol. The van der Waals surface area contributed by atoms with E-state index in [0.717, 1.165) is 16.8 Å². The number of hydrogen-bond donors (Lipinski definition) is 1. The van der Waals surface area contributed by atoms with Crippen molar-refractivity contribution in [2.24, 2.45) is 0 Å². The first-order chi connectivity index (χ1) is 14.1. The summed E-state index contributed by atoms with van der Waals surface area (Å²) in [6.45, 7) is 1.66. The van der Waals surface area contributed by atoms with Gasteiger partial charge >= 0.3 is 11.9 Å². The van der Waals surface area contributed by atoms with Crippen LogP contribution in [0.4, 0.5) is 13.2 Å². The molecule has 156 valence electrons. The average Bonchev–Trinajstić information content (AvgIpc) is 3.02. The standard InChI is InChI=1S/C18H13ClF3N5O3/c1-2-27-14(24-25-17(27)29)9-26-4-3-13(18(20,21)22)15(16(26)28)30-12-6-10(8-23)5-11(19)7-12/h3-7H,2,9H2,1H3,(H,25,29). The van der Waals surface area contributed by atoms with Gasteiger partial charge in [0, 0.05) is 17.8 Å². The van der Waals surface area contributed by atoms with Gasteiger partial charge in [0.2, 0.25) is 5.75 Å². The Labute approximate surface area is 171 Å². The van der Waals surface area contributed by atoms with Crippen molar-refractivity contribution in [3.05, 3.63) is 73.3 Å². The zero-order valence-electron chi connectivity index (χ0n) is 15.3. The molecule has 3 rings (SSSR count). The van der Waals surface area contributed by atoms with E-state index in [9.17, 15) is 22.8 Å². The Morgan fingerprint density at radius 2 is 2.03 bits per heavy atom. The average molecular weight is 440 g/mol. The molecule has 0 amide bonds. The highest BCUT2D eigenvalue weighted by Gasteiger charge is 2.36. The van der Waals surface area contributed by atoms with E-state index in [2.05, 4.69) is 10.2 Å². The van der Waals surface area contributed by atoms with Crippen molar-refractivity contribution >= 4 is 11.6 Å². The number of alkyl halides is 3. The first-order valence-corrected chi connectivity index (χ1v) is 8.85. The van der Waals surface area contributed by atoms with E-state index in [1.54, 1.807) is 13.0 Å². The second-order valence-electron chi connectivity index (χ2n) is 6.07. The number of ether oxygens (including phenoxy) is 1. The molecule has 8 nitrogen and oxygen atoms in total. The van der Waals surface area contributed by atoms with E-state index in [4.69, 9.17) is 21.6 Å². The minimum Gasteiger partial charge on any atom is -0.451 e. The van der Waals surface area contributed by atoms with E-state index in [1.165, 1.54) is 16.7 Å². The molecule has 0 saturated heterocycles. The SMILES string of the molecule is CCn1c(Cn2ccc(C(F)(F)F)c(Oc3cc(Cl)cc(C#N)c3)c2=O)n[nH]c1=O. The molecular formula is C18H13ClF3N5O3. The molecule has 1 aromatic carbocycles. The van der Waals surface area contributed by atoms with Crippen LogP contribution in [-0.2, 0) is 19.3 Å². The number of rotatable bonds is 5. The minimum atomic E-state index is -4.87. The number of pyridine rings is 1. The van der Waals surface area contributed by atoms with Crippen molar-refractivity contribution < 1.29 is 17.9 Å². The van der Waals surface area contributed by atoms with Crippen LogP contribution in [0.1, 0.15) is 23.9 Å². The summed E-state index contributed by atoms with van der Waals surface area (Å²) >= 11 is 5.86. The van der Waals surface area contributed by atoms with Gasteiger partial charge in [0.1, 0.15) is 11.3 Å². The van der Waals surface area contributed by atoms with Crippen LogP contribution in [0.3, 0.4) is 0 Å². The molecule has 0 spiro atoms. The normalized spacial score (nSPS) is 11.3. The Kier molecular flexibility index (Phi) is 5.71. The molecule has 0 aliphatic heterocycles. The molecule has 0 fully saturated rings. The fraction of sp³-hybridized carbons (Fsp3) is 0.222. The van der Waals surface area contributed by atoms with Gasteiger partial charge in [-0.15, -0.1) is 0 Å². The van der Waals surface area contributed by atoms with Gasteiger partial charge in [-0.1, -0.05) is 11.6 Å². The summed E-state index contributed by atoms with van der Waals surface area (Å²) in [6.07, 6.45) is -3.93. The Bertz CT molecular complexity index is 1250. The van der Waals surface area contributed by atoms with Crippen LogP contribution in [0.25, 0.3) is 0 Å². The number of aromatic amines is 1. The number of halogens is 4. The highest BCUT2D eigenvalue weighted by Crippen LogP contribution is 2.36. The van der Waals surface area contributed by atoms with Crippen molar-refractivity contribution in [3.63, 3.8) is 0 Å². The van der Waals surface area contributed by atoms with Crippen molar-refractivity contribution in [2.75, 3.05) is 0 Å². The summed E-state index contributed by atoms with van der Waals surface area (Å²) in [5.41, 5.74) is -2.85. The Morgan fingerprint density at radius 1 is 1.30 bits per heavy atom. The van der Waals surface area contributed by atoms with Crippen LogP contribution in [0.5, 0.6) is 11.5 Å². The third-order valence-corrected chi connectivity index (χ3v) is 4.33. The zero-order valence-corrected chi connectivity index (χ0v) is 16.1. The van der Waals surface area contributed by atoms with E-state index >= 15 is 0 Å². The summed E-state index contributed by atoms with van der Waals surface area (Å²) in [5, 5.41) is 15.1. The molecule has 0 atom stereocenters. The van der Waals surface area contributed by atoms with Crippen LogP contribution in [-0.4, -0.2) is 19.3 Å². The third kappa shape index (κ3) is 4.23. The quantitative estimate of drug-likeness (QED) is 0.657. The topological polar surface area (TPSA) is 106 Å². The summed E-state index contributed by atoms with van der Waals surface area (Å²) in [5.74, 6) is -1.04. The van der Waals surface area contributed by atoms with Crippen LogP contribution in [0, 0.1) is 11.3 Å². The van der Waals surface area contributed by atoms with Gasteiger partial charge in [-0.2, -0.15) is 23.5 Å². The van der Waals surface area contributed by atoms with Gasteiger partial charge in [0.25, 0.3) is 5.56 Å². The summed E-state index contributed by atoms with van der Waals surface area (Å²) in [7, 11) is 0. The number of aromatic nitrogens is 4. The smallest absolute Gasteiger partial charge is 0.420 e. The minimum absolute atomic E-state index is 0.0470. The van der Waals surface area contributed by atoms with Crippen LogP contribution >= 0.6 is 11.6 Å². The van der Waals surface area contributed by atoms with Gasteiger partial charge in [-0.05, 0) is 31.2 Å². The second kappa shape index (κ2) is 8.08. The van der Waals surface area contributed by atoms with Gasteiger partial charge in [0.05, 0.1) is 18.2 Å². The second-order valence-corrected chi connectivity index (χ2v) is 6.50. The highest BCUT2D eigenvalue weighted by atomic mass is 35.5. The highest BCUT2D eigenvalue weighted by molar-refractivity contribution is 6.30. The lowest BCUT2D eigenvalue weighted by atomic mass is 10.2. The molecule has 0 aliphatic rings. The summed E-state index contributed by atoms with van der Waals surface area (Å²) in [4.78, 5) is 24.5. The van der Waals surface area contributed by atoms with Crippen LogP contribution in [0.2, 0.25) is 5.02 Å². The Hall–Kier alpha value is -3.52. The van der Waals surface area contributed by atoms with Crippen molar-refractivity contribution in [3.8, 4) is 17.6 Å². The first kappa shape index (κ1) is 21.2. The fourth-order valence-electron chi connectivity index (χ4n) is 2.75. The molecular weight excluding hydrogens is 427 g/mol. The fourth-order valence-corrected chi connectivity index (χ4v) is 2.98. The molecule has 2 heterocycles. The van der Waals surface area contributed by atoms with E-state index < -0.39 is 28.7 Å². The lowest BCUT2D eigenvalue weighted by molar-refractivity contribution is -0.138. The largest absolute Gasteiger partial charge is 0.451 e. The number of hydrogen-bond acceptors (Lipinski definition) is 5. The maximum Gasteiger partial charge on any atom is 0.420 e. The number of nitriles is 1. The Balaban J connectivity index is 2.11.